The molecule has 0 aliphatic carbocycles. The zero-order chi connectivity index (χ0) is 19.5. The number of nitrogens with one attached hydrogen (secondary N) is 2. The van der Waals surface area contributed by atoms with Gasteiger partial charge in [-0.05, 0) is 49.4 Å². The summed E-state index contributed by atoms with van der Waals surface area (Å²) in [4.78, 5) is 28.3. The molecule has 0 atom stereocenters. The zero-order valence-electron chi connectivity index (χ0n) is 15.9. The molecule has 146 valence electrons. The highest BCUT2D eigenvalue weighted by atomic mass is 16.5. The van der Waals surface area contributed by atoms with Gasteiger partial charge in [0.25, 0.3) is 5.91 Å². The van der Waals surface area contributed by atoms with Crippen LogP contribution in [0.2, 0.25) is 0 Å². The van der Waals surface area contributed by atoms with Crippen LogP contribution in [0.5, 0.6) is 0 Å². The number of H-pyrrole nitrogens is 1. The molecule has 3 aromatic rings. The van der Waals surface area contributed by atoms with Crippen molar-refractivity contribution in [2.75, 3.05) is 13.2 Å². The first kappa shape index (κ1) is 18.5. The summed E-state index contributed by atoms with van der Waals surface area (Å²) in [5.41, 5.74) is 2.45. The van der Waals surface area contributed by atoms with Crippen LogP contribution in [0.15, 0.2) is 45.7 Å². The Morgan fingerprint density at radius 1 is 1.21 bits per heavy atom. The van der Waals surface area contributed by atoms with Crippen LogP contribution in [0.4, 0.5) is 0 Å². The Labute approximate surface area is 162 Å². The molecule has 1 amide bonds. The van der Waals surface area contributed by atoms with Crippen LogP contribution in [0.1, 0.15) is 40.1 Å². The molecule has 6 heteroatoms. The first-order valence-corrected chi connectivity index (χ1v) is 9.69. The number of rotatable bonds is 5. The van der Waals surface area contributed by atoms with Gasteiger partial charge in [-0.25, -0.2) is 4.79 Å². The van der Waals surface area contributed by atoms with Gasteiger partial charge in [0.2, 0.25) is 0 Å². The minimum absolute atomic E-state index is 0.0431. The SMILES string of the molecule is Cc1cc(CCc2c[nH]c3ccccc23)oc(=O)c1C(=O)NC1CCOCC1. The number of hydrogen-bond acceptors (Lipinski definition) is 4. The van der Waals surface area contributed by atoms with Crippen LogP contribution in [0, 0.1) is 6.92 Å². The van der Waals surface area contributed by atoms with Gasteiger partial charge in [0.15, 0.2) is 0 Å². The fourth-order valence-corrected chi connectivity index (χ4v) is 3.76. The third-order valence-corrected chi connectivity index (χ3v) is 5.30. The predicted octanol–water partition coefficient (Wildman–Crippen LogP) is 3.12. The summed E-state index contributed by atoms with van der Waals surface area (Å²) in [6, 6.07) is 9.96. The molecular formula is C22H24N2O4. The van der Waals surface area contributed by atoms with E-state index in [4.69, 9.17) is 9.15 Å². The lowest BCUT2D eigenvalue weighted by Crippen LogP contribution is -2.40. The van der Waals surface area contributed by atoms with Crippen LogP contribution in [-0.2, 0) is 17.6 Å². The maximum absolute atomic E-state index is 12.5. The molecular weight excluding hydrogens is 356 g/mol. The number of aromatic nitrogens is 1. The summed E-state index contributed by atoms with van der Waals surface area (Å²) in [7, 11) is 0. The Kier molecular flexibility index (Phi) is 5.30. The molecule has 1 saturated heterocycles. The summed E-state index contributed by atoms with van der Waals surface area (Å²) in [5.74, 6) is 0.233. The molecule has 0 spiro atoms. The van der Waals surface area contributed by atoms with Gasteiger partial charge in [-0.15, -0.1) is 0 Å². The molecule has 0 radical (unpaired) electrons. The van der Waals surface area contributed by atoms with Crippen LogP contribution < -0.4 is 10.9 Å². The minimum Gasteiger partial charge on any atom is -0.427 e. The summed E-state index contributed by atoms with van der Waals surface area (Å²) in [6.07, 6.45) is 4.86. The highest BCUT2D eigenvalue weighted by Crippen LogP contribution is 2.20. The van der Waals surface area contributed by atoms with E-state index in [0.717, 1.165) is 24.8 Å². The van der Waals surface area contributed by atoms with Crippen LogP contribution in [0.25, 0.3) is 10.9 Å². The standard InChI is InChI=1S/C22H24N2O4/c1-14-12-17(7-6-15-13-23-19-5-3-2-4-18(15)19)28-22(26)20(14)21(25)24-16-8-10-27-11-9-16/h2-5,12-13,16,23H,6-11H2,1H3,(H,24,25). The third kappa shape index (κ3) is 3.87. The average Bonchev–Trinajstić information content (AvgIpc) is 3.10. The summed E-state index contributed by atoms with van der Waals surface area (Å²) in [5, 5.41) is 4.10. The zero-order valence-corrected chi connectivity index (χ0v) is 15.9. The van der Waals surface area contributed by atoms with Gasteiger partial charge in [0.05, 0.1) is 0 Å². The van der Waals surface area contributed by atoms with Crippen LogP contribution >= 0.6 is 0 Å². The molecule has 28 heavy (non-hydrogen) atoms. The predicted molar refractivity (Wildman–Crippen MR) is 107 cm³/mol. The molecule has 4 rings (SSSR count). The molecule has 1 aliphatic rings. The Morgan fingerprint density at radius 3 is 2.79 bits per heavy atom. The van der Waals surface area contributed by atoms with Gasteiger partial charge in [-0.3, -0.25) is 4.79 Å². The van der Waals surface area contributed by atoms with Crippen LogP contribution in [0.3, 0.4) is 0 Å². The number of amides is 1. The number of hydrogen-bond donors (Lipinski definition) is 2. The summed E-state index contributed by atoms with van der Waals surface area (Å²) >= 11 is 0. The Hall–Kier alpha value is -2.86. The van der Waals surface area contributed by atoms with Crippen molar-refractivity contribution in [2.24, 2.45) is 0 Å². The van der Waals surface area contributed by atoms with Gasteiger partial charge in [0.1, 0.15) is 11.3 Å². The Bertz CT molecular complexity index is 1040. The number of carbonyl (C=O) groups is 1. The number of ether oxygens (including phenoxy) is 1. The quantitative estimate of drug-likeness (QED) is 0.712. The van der Waals surface area contributed by atoms with E-state index in [1.54, 1.807) is 13.0 Å². The van der Waals surface area contributed by atoms with Gasteiger partial charge in [-0.1, -0.05) is 18.2 Å². The number of aryl methyl sites for hydroxylation is 3. The van der Waals surface area contributed by atoms with E-state index in [1.165, 1.54) is 10.9 Å². The molecule has 1 fully saturated rings. The molecule has 2 N–H and O–H groups in total. The Balaban J connectivity index is 1.47. The number of para-hydroxylation sites is 1. The summed E-state index contributed by atoms with van der Waals surface area (Å²) < 4.78 is 10.8. The van der Waals surface area contributed by atoms with Gasteiger partial charge >= 0.3 is 5.63 Å². The normalized spacial score (nSPS) is 15.0. The first-order chi connectivity index (χ1) is 13.6. The van der Waals surface area contributed by atoms with Gasteiger partial charge < -0.3 is 19.5 Å². The molecule has 1 aromatic carbocycles. The molecule has 0 saturated carbocycles. The van der Waals surface area contributed by atoms with E-state index in [1.807, 2.05) is 24.4 Å². The topological polar surface area (TPSA) is 84.3 Å². The van der Waals surface area contributed by atoms with E-state index in [9.17, 15) is 9.59 Å². The van der Waals surface area contributed by atoms with Gasteiger partial charge in [-0.2, -0.15) is 0 Å². The van der Waals surface area contributed by atoms with E-state index >= 15 is 0 Å². The van der Waals surface area contributed by atoms with Crippen molar-refractivity contribution in [1.82, 2.24) is 10.3 Å². The molecule has 2 aromatic heterocycles. The third-order valence-electron chi connectivity index (χ3n) is 5.30. The number of aromatic amines is 1. The van der Waals surface area contributed by atoms with Crippen molar-refractivity contribution in [3.8, 4) is 0 Å². The van der Waals surface area contributed by atoms with Crippen molar-refractivity contribution in [3.63, 3.8) is 0 Å². The smallest absolute Gasteiger partial charge is 0.349 e. The maximum Gasteiger partial charge on any atom is 0.349 e. The summed E-state index contributed by atoms with van der Waals surface area (Å²) in [6.45, 7) is 3.04. The second kappa shape index (κ2) is 8.02. The first-order valence-electron chi connectivity index (χ1n) is 9.69. The fraction of sp³-hybridized carbons (Fsp3) is 0.364. The van der Waals surface area contributed by atoms with E-state index < -0.39 is 5.63 Å². The average molecular weight is 380 g/mol. The molecule has 0 unspecified atom stereocenters. The van der Waals surface area contributed by atoms with Crippen molar-refractivity contribution in [3.05, 3.63) is 69.4 Å². The van der Waals surface area contributed by atoms with Gasteiger partial charge in [0, 0.05) is 42.8 Å². The minimum atomic E-state index is -0.571. The van der Waals surface area contributed by atoms with Crippen molar-refractivity contribution in [1.29, 1.82) is 0 Å². The molecule has 3 heterocycles. The largest absolute Gasteiger partial charge is 0.427 e. The highest BCUT2D eigenvalue weighted by molar-refractivity contribution is 5.95. The van der Waals surface area contributed by atoms with Crippen molar-refractivity contribution in [2.45, 2.75) is 38.6 Å². The maximum atomic E-state index is 12.5. The van der Waals surface area contributed by atoms with E-state index in [2.05, 4.69) is 16.4 Å². The number of benzene rings is 1. The lowest BCUT2D eigenvalue weighted by molar-refractivity contribution is 0.0694. The number of fused-ring (bicyclic) bond motifs is 1. The van der Waals surface area contributed by atoms with Crippen molar-refractivity contribution >= 4 is 16.8 Å². The van der Waals surface area contributed by atoms with E-state index in [-0.39, 0.29) is 17.5 Å². The monoisotopic (exact) mass is 380 g/mol. The van der Waals surface area contributed by atoms with E-state index in [0.29, 0.717) is 31.0 Å². The second-order valence-electron chi connectivity index (χ2n) is 7.28. The molecule has 0 bridgehead atoms. The molecule has 6 nitrogen and oxygen atoms in total. The molecule has 1 aliphatic heterocycles. The highest BCUT2D eigenvalue weighted by Gasteiger charge is 2.21. The number of carbonyl (C=O) groups excluding carboxylic acids is 1. The lowest BCUT2D eigenvalue weighted by atomic mass is 10.0. The Morgan fingerprint density at radius 2 is 2.00 bits per heavy atom. The fourth-order valence-electron chi connectivity index (χ4n) is 3.76. The second-order valence-corrected chi connectivity index (χ2v) is 7.28. The van der Waals surface area contributed by atoms with Crippen LogP contribution in [-0.4, -0.2) is 30.1 Å². The lowest BCUT2D eigenvalue weighted by Gasteiger charge is -2.23. The van der Waals surface area contributed by atoms with Crippen molar-refractivity contribution < 1.29 is 13.9 Å².